The molecule has 0 saturated carbocycles. The number of rotatable bonds is 6. The molecule has 2 N–H and O–H groups in total. The van der Waals surface area contributed by atoms with E-state index in [1.807, 2.05) is 24.3 Å². The summed E-state index contributed by atoms with van der Waals surface area (Å²) in [5.74, 6) is 0.288. The van der Waals surface area contributed by atoms with Gasteiger partial charge in [-0.1, -0.05) is 12.1 Å². The van der Waals surface area contributed by atoms with Gasteiger partial charge in [-0.3, -0.25) is 4.79 Å². The first-order chi connectivity index (χ1) is 8.52. The van der Waals surface area contributed by atoms with E-state index in [4.69, 9.17) is 11.6 Å². The molecule has 0 radical (unpaired) electrons. The average Bonchev–Trinajstić information content (AvgIpc) is 2.37. The molecule has 0 spiro atoms. The summed E-state index contributed by atoms with van der Waals surface area (Å²) >= 11 is 5.50. The van der Waals surface area contributed by atoms with Crippen LogP contribution in [0, 0.1) is 0 Å². The standard InChI is InChI=1S/C13H19ClN2O2/c1-16(2)13(18)7-10-3-5-11(6-4-10)15-9-12(17)8-14/h3-6,12,15,17H,7-9H2,1-2H3. The van der Waals surface area contributed by atoms with Crippen molar-refractivity contribution in [1.82, 2.24) is 4.90 Å². The van der Waals surface area contributed by atoms with Crippen molar-refractivity contribution in [3.8, 4) is 0 Å². The Bertz CT molecular complexity index is 379. The van der Waals surface area contributed by atoms with Crippen LogP contribution in [-0.2, 0) is 11.2 Å². The van der Waals surface area contributed by atoms with Crippen LogP contribution in [0.4, 0.5) is 5.69 Å². The van der Waals surface area contributed by atoms with Gasteiger partial charge in [0.15, 0.2) is 0 Å². The average molecular weight is 271 g/mol. The maximum atomic E-state index is 11.5. The minimum absolute atomic E-state index is 0.0771. The van der Waals surface area contributed by atoms with Gasteiger partial charge in [0.1, 0.15) is 0 Å². The van der Waals surface area contributed by atoms with E-state index < -0.39 is 6.10 Å². The number of hydrogen-bond acceptors (Lipinski definition) is 3. The second kappa shape index (κ2) is 7.24. The monoisotopic (exact) mass is 270 g/mol. The van der Waals surface area contributed by atoms with Crippen molar-refractivity contribution >= 4 is 23.2 Å². The lowest BCUT2D eigenvalue weighted by Crippen LogP contribution is -2.23. The smallest absolute Gasteiger partial charge is 0.226 e. The van der Waals surface area contributed by atoms with Crippen LogP contribution >= 0.6 is 11.6 Å². The van der Waals surface area contributed by atoms with Gasteiger partial charge in [-0.2, -0.15) is 0 Å². The van der Waals surface area contributed by atoms with E-state index in [1.165, 1.54) is 0 Å². The predicted octanol–water partition coefficient (Wildman–Crippen LogP) is 1.33. The summed E-state index contributed by atoms with van der Waals surface area (Å²) in [6, 6.07) is 7.58. The van der Waals surface area contributed by atoms with Crippen LogP contribution in [0.25, 0.3) is 0 Å². The maximum absolute atomic E-state index is 11.5. The molecule has 0 aliphatic carbocycles. The Hall–Kier alpha value is -1.26. The van der Waals surface area contributed by atoms with Crippen molar-refractivity contribution < 1.29 is 9.90 Å². The maximum Gasteiger partial charge on any atom is 0.226 e. The number of likely N-dealkylation sites (N-methyl/N-ethyl adjacent to an activating group) is 1. The van der Waals surface area contributed by atoms with Gasteiger partial charge in [-0.05, 0) is 17.7 Å². The number of carbonyl (C=O) groups excluding carboxylic acids is 1. The van der Waals surface area contributed by atoms with Gasteiger partial charge in [0, 0.05) is 26.3 Å². The molecule has 1 atom stereocenters. The summed E-state index contributed by atoms with van der Waals surface area (Å²) < 4.78 is 0. The van der Waals surface area contributed by atoms with Crippen molar-refractivity contribution in [2.24, 2.45) is 0 Å². The van der Waals surface area contributed by atoms with Gasteiger partial charge in [0.05, 0.1) is 18.4 Å². The number of benzene rings is 1. The Morgan fingerprint density at radius 3 is 2.50 bits per heavy atom. The number of anilines is 1. The molecule has 0 aromatic heterocycles. The Balaban J connectivity index is 2.50. The van der Waals surface area contributed by atoms with Gasteiger partial charge in [0.2, 0.25) is 5.91 Å². The molecular formula is C13H19ClN2O2. The van der Waals surface area contributed by atoms with E-state index >= 15 is 0 Å². The zero-order valence-electron chi connectivity index (χ0n) is 10.7. The minimum Gasteiger partial charge on any atom is -0.390 e. The third-order valence-electron chi connectivity index (χ3n) is 2.53. The molecular weight excluding hydrogens is 252 g/mol. The molecule has 4 nitrogen and oxygen atoms in total. The summed E-state index contributed by atoms with van der Waals surface area (Å²) in [5, 5.41) is 12.4. The van der Waals surface area contributed by atoms with Crippen LogP contribution in [0.5, 0.6) is 0 Å². The number of carbonyl (C=O) groups is 1. The van der Waals surface area contributed by atoms with E-state index in [1.54, 1.807) is 19.0 Å². The Morgan fingerprint density at radius 2 is 2.00 bits per heavy atom. The van der Waals surface area contributed by atoms with Gasteiger partial charge in [0.25, 0.3) is 0 Å². The van der Waals surface area contributed by atoms with Crippen molar-refractivity contribution in [1.29, 1.82) is 0 Å². The van der Waals surface area contributed by atoms with E-state index in [9.17, 15) is 9.90 Å². The van der Waals surface area contributed by atoms with E-state index in [2.05, 4.69) is 5.32 Å². The lowest BCUT2D eigenvalue weighted by atomic mass is 10.1. The van der Waals surface area contributed by atoms with Crippen LogP contribution in [-0.4, -0.2) is 48.5 Å². The third-order valence-corrected chi connectivity index (χ3v) is 2.88. The molecule has 0 saturated heterocycles. The van der Waals surface area contributed by atoms with Crippen LogP contribution in [0.15, 0.2) is 24.3 Å². The normalized spacial score (nSPS) is 12.0. The van der Waals surface area contributed by atoms with Crippen LogP contribution < -0.4 is 5.32 Å². The molecule has 1 unspecified atom stereocenters. The number of hydrogen-bond donors (Lipinski definition) is 2. The van der Waals surface area contributed by atoms with Gasteiger partial charge < -0.3 is 15.3 Å². The Morgan fingerprint density at radius 1 is 1.39 bits per heavy atom. The molecule has 0 aliphatic rings. The van der Waals surface area contributed by atoms with E-state index in [0.717, 1.165) is 11.3 Å². The first kappa shape index (κ1) is 14.8. The molecule has 18 heavy (non-hydrogen) atoms. The fourth-order valence-corrected chi connectivity index (χ4v) is 1.47. The highest BCUT2D eigenvalue weighted by molar-refractivity contribution is 6.18. The predicted molar refractivity (Wildman–Crippen MR) is 74.1 cm³/mol. The highest BCUT2D eigenvalue weighted by Gasteiger charge is 2.05. The SMILES string of the molecule is CN(C)C(=O)Cc1ccc(NCC(O)CCl)cc1. The lowest BCUT2D eigenvalue weighted by molar-refractivity contribution is -0.127. The molecule has 0 fully saturated rings. The van der Waals surface area contributed by atoms with Crippen molar-refractivity contribution in [2.45, 2.75) is 12.5 Å². The summed E-state index contributed by atoms with van der Waals surface area (Å²) in [4.78, 5) is 13.1. The highest BCUT2D eigenvalue weighted by atomic mass is 35.5. The number of aliphatic hydroxyl groups is 1. The first-order valence-corrected chi connectivity index (χ1v) is 6.33. The largest absolute Gasteiger partial charge is 0.390 e. The Labute approximate surface area is 113 Å². The van der Waals surface area contributed by atoms with Crippen molar-refractivity contribution in [2.75, 3.05) is 31.8 Å². The molecule has 0 heterocycles. The summed E-state index contributed by atoms with van der Waals surface area (Å²) in [7, 11) is 3.48. The number of alkyl halides is 1. The molecule has 1 aromatic carbocycles. The number of aliphatic hydroxyl groups excluding tert-OH is 1. The number of amides is 1. The molecule has 5 heteroatoms. The molecule has 0 aliphatic heterocycles. The van der Waals surface area contributed by atoms with Gasteiger partial charge >= 0.3 is 0 Å². The minimum atomic E-state index is -0.554. The lowest BCUT2D eigenvalue weighted by Gasteiger charge is -2.12. The second-order valence-electron chi connectivity index (χ2n) is 4.35. The summed E-state index contributed by atoms with van der Waals surface area (Å²) in [5.41, 5.74) is 1.87. The quantitative estimate of drug-likeness (QED) is 0.767. The number of nitrogens with zero attached hydrogens (tertiary/aromatic N) is 1. The highest BCUT2D eigenvalue weighted by Crippen LogP contribution is 2.10. The van der Waals surface area contributed by atoms with Crippen LogP contribution in [0.2, 0.25) is 0 Å². The van der Waals surface area contributed by atoms with Crippen LogP contribution in [0.3, 0.4) is 0 Å². The molecule has 1 amide bonds. The fraction of sp³-hybridized carbons (Fsp3) is 0.462. The molecule has 100 valence electrons. The number of halogens is 1. The summed E-state index contributed by atoms with van der Waals surface area (Å²) in [6.07, 6.45) is -0.154. The second-order valence-corrected chi connectivity index (χ2v) is 4.66. The van der Waals surface area contributed by atoms with Gasteiger partial charge in [-0.15, -0.1) is 11.6 Å². The van der Waals surface area contributed by atoms with Crippen molar-refractivity contribution in [3.05, 3.63) is 29.8 Å². The zero-order valence-corrected chi connectivity index (χ0v) is 11.4. The van der Waals surface area contributed by atoms with Crippen molar-refractivity contribution in [3.63, 3.8) is 0 Å². The van der Waals surface area contributed by atoms with Crippen LogP contribution in [0.1, 0.15) is 5.56 Å². The fourth-order valence-electron chi connectivity index (χ4n) is 1.36. The Kier molecular flexibility index (Phi) is 5.95. The van der Waals surface area contributed by atoms with Gasteiger partial charge in [-0.25, -0.2) is 0 Å². The third kappa shape index (κ3) is 4.94. The zero-order chi connectivity index (χ0) is 13.5. The van der Waals surface area contributed by atoms with E-state index in [0.29, 0.717) is 13.0 Å². The summed E-state index contributed by atoms with van der Waals surface area (Å²) in [6.45, 7) is 0.416. The number of nitrogens with one attached hydrogen (secondary N) is 1. The first-order valence-electron chi connectivity index (χ1n) is 5.80. The topological polar surface area (TPSA) is 52.6 Å². The molecule has 1 rings (SSSR count). The molecule has 1 aromatic rings. The molecule has 0 bridgehead atoms. The van der Waals surface area contributed by atoms with E-state index in [-0.39, 0.29) is 11.8 Å².